The monoisotopic (exact) mass is 271 g/mol. The normalized spacial score (nSPS) is 19.7. The number of rotatable bonds is 3. The van der Waals surface area contributed by atoms with E-state index < -0.39 is 15.8 Å². The number of carbonyl (C=O) groups excluding carboxylic acids is 1. The largest absolute Gasteiger partial charge is 0.300 e. The van der Waals surface area contributed by atoms with Crippen LogP contribution in [0.4, 0.5) is 4.39 Å². The molecule has 0 aromatic heterocycles. The van der Waals surface area contributed by atoms with Gasteiger partial charge in [-0.15, -0.1) is 0 Å². The van der Waals surface area contributed by atoms with Gasteiger partial charge in [0.1, 0.15) is 5.78 Å². The fourth-order valence-corrected chi connectivity index (χ4v) is 3.25. The number of alkyl halides is 1. The molecule has 1 N–H and O–H groups in total. The van der Waals surface area contributed by atoms with Gasteiger partial charge in [-0.25, -0.2) is 12.8 Å². The highest BCUT2D eigenvalue weighted by Gasteiger charge is 2.38. The maximum atomic E-state index is 14.3. The van der Waals surface area contributed by atoms with Gasteiger partial charge in [-0.3, -0.25) is 4.79 Å². The number of hydrogen-bond donors (Lipinski definition) is 1. The summed E-state index contributed by atoms with van der Waals surface area (Å²) in [7, 11) is -3.87. The van der Waals surface area contributed by atoms with Crippen molar-refractivity contribution < 1.29 is 17.6 Å². The average Bonchev–Trinajstić information content (AvgIpc) is 2.34. The van der Waals surface area contributed by atoms with Crippen LogP contribution in [-0.2, 0) is 14.8 Å². The first-order chi connectivity index (χ1) is 8.41. The van der Waals surface area contributed by atoms with E-state index in [0.29, 0.717) is 0 Å². The Balaban J connectivity index is 2.16. The van der Waals surface area contributed by atoms with Crippen molar-refractivity contribution in [2.45, 2.75) is 36.4 Å². The maximum Gasteiger partial charge on any atom is 0.243 e. The Morgan fingerprint density at radius 1 is 1.11 bits per heavy atom. The maximum absolute atomic E-state index is 14.3. The van der Waals surface area contributed by atoms with Crippen molar-refractivity contribution in [3.05, 3.63) is 30.3 Å². The lowest BCUT2D eigenvalue weighted by atomic mass is 9.93. The summed E-state index contributed by atoms with van der Waals surface area (Å²) >= 11 is 0. The molecule has 1 aliphatic rings. The third kappa shape index (κ3) is 2.94. The first-order valence-electron chi connectivity index (χ1n) is 5.71. The van der Waals surface area contributed by atoms with E-state index in [0.717, 1.165) is 0 Å². The smallest absolute Gasteiger partial charge is 0.243 e. The van der Waals surface area contributed by atoms with Crippen LogP contribution in [0.15, 0.2) is 35.2 Å². The molecule has 1 aliphatic carbocycles. The van der Waals surface area contributed by atoms with Gasteiger partial charge in [-0.2, -0.15) is 4.72 Å². The highest BCUT2D eigenvalue weighted by Crippen LogP contribution is 2.29. The Kier molecular flexibility index (Phi) is 3.49. The molecule has 0 atom stereocenters. The van der Waals surface area contributed by atoms with Crippen molar-refractivity contribution >= 4 is 15.8 Å². The number of hydrogen-bond acceptors (Lipinski definition) is 3. The second-order valence-electron chi connectivity index (χ2n) is 4.42. The lowest BCUT2D eigenvalue weighted by Gasteiger charge is -2.29. The third-order valence-electron chi connectivity index (χ3n) is 2.97. The molecular formula is C12H14FNO3S. The van der Waals surface area contributed by atoms with E-state index in [1.54, 1.807) is 18.2 Å². The molecule has 1 aromatic carbocycles. The fourth-order valence-electron chi connectivity index (χ4n) is 1.93. The van der Waals surface area contributed by atoms with Gasteiger partial charge >= 0.3 is 0 Å². The Morgan fingerprint density at radius 2 is 1.67 bits per heavy atom. The topological polar surface area (TPSA) is 63.2 Å². The molecule has 0 bridgehead atoms. The molecule has 4 nitrogen and oxygen atoms in total. The highest BCUT2D eigenvalue weighted by molar-refractivity contribution is 7.89. The molecule has 1 saturated carbocycles. The standard InChI is InChI=1S/C12H14FNO3S/c13-12(8-6-10(15)7-9-12)14-18(16,17)11-4-2-1-3-5-11/h1-5,14H,6-9H2. The van der Waals surface area contributed by atoms with Gasteiger partial charge in [0.05, 0.1) is 4.90 Å². The van der Waals surface area contributed by atoms with Crippen LogP contribution in [-0.4, -0.2) is 20.0 Å². The van der Waals surface area contributed by atoms with E-state index in [9.17, 15) is 17.6 Å². The molecule has 18 heavy (non-hydrogen) atoms. The highest BCUT2D eigenvalue weighted by atomic mass is 32.2. The minimum Gasteiger partial charge on any atom is -0.300 e. The van der Waals surface area contributed by atoms with Gasteiger partial charge in [-0.1, -0.05) is 18.2 Å². The third-order valence-corrected chi connectivity index (χ3v) is 4.50. The van der Waals surface area contributed by atoms with E-state index in [-0.39, 0.29) is 36.4 Å². The summed E-state index contributed by atoms with van der Waals surface area (Å²) in [5.74, 6) is -2.04. The predicted molar refractivity (Wildman–Crippen MR) is 64.1 cm³/mol. The number of ketones is 1. The van der Waals surface area contributed by atoms with Gasteiger partial charge in [0.2, 0.25) is 10.0 Å². The van der Waals surface area contributed by atoms with Crippen molar-refractivity contribution in [1.29, 1.82) is 0 Å². The summed E-state index contributed by atoms with van der Waals surface area (Å²) < 4.78 is 40.2. The van der Waals surface area contributed by atoms with Crippen LogP contribution >= 0.6 is 0 Å². The first-order valence-corrected chi connectivity index (χ1v) is 7.19. The minimum atomic E-state index is -3.87. The summed E-state index contributed by atoms with van der Waals surface area (Å²) in [6.45, 7) is 0. The molecular weight excluding hydrogens is 257 g/mol. The molecule has 0 unspecified atom stereocenters. The van der Waals surface area contributed by atoms with Gasteiger partial charge < -0.3 is 0 Å². The molecule has 0 radical (unpaired) electrons. The number of nitrogens with one attached hydrogen (secondary N) is 1. The Hall–Kier alpha value is -1.27. The van der Waals surface area contributed by atoms with E-state index >= 15 is 0 Å². The van der Waals surface area contributed by atoms with Crippen LogP contribution in [0.5, 0.6) is 0 Å². The Labute approximate surface area is 105 Å². The molecule has 1 fully saturated rings. The fraction of sp³-hybridized carbons (Fsp3) is 0.417. The zero-order valence-corrected chi connectivity index (χ0v) is 10.5. The quantitative estimate of drug-likeness (QED) is 0.852. The van der Waals surface area contributed by atoms with Crippen LogP contribution in [0.1, 0.15) is 25.7 Å². The Morgan fingerprint density at radius 3 is 2.22 bits per heavy atom. The number of sulfonamides is 1. The van der Waals surface area contributed by atoms with E-state index in [1.165, 1.54) is 12.1 Å². The molecule has 0 spiro atoms. The number of Topliss-reactive ketones (excluding diaryl/α,β-unsaturated/α-hetero) is 1. The lowest BCUT2D eigenvalue weighted by Crippen LogP contribution is -2.47. The first kappa shape index (κ1) is 13.2. The molecule has 2 rings (SSSR count). The van der Waals surface area contributed by atoms with Crippen molar-refractivity contribution in [2.24, 2.45) is 0 Å². The Bertz CT molecular complexity index is 532. The number of halogens is 1. The van der Waals surface area contributed by atoms with Crippen LogP contribution in [0.25, 0.3) is 0 Å². The molecule has 0 heterocycles. The van der Waals surface area contributed by atoms with Gasteiger partial charge in [-0.05, 0) is 12.1 Å². The van der Waals surface area contributed by atoms with E-state index in [2.05, 4.69) is 4.72 Å². The van der Waals surface area contributed by atoms with Crippen molar-refractivity contribution in [3.63, 3.8) is 0 Å². The second kappa shape index (κ2) is 4.78. The van der Waals surface area contributed by atoms with Gasteiger partial charge in [0.25, 0.3) is 0 Å². The zero-order chi connectivity index (χ0) is 13.2. The molecule has 0 saturated heterocycles. The molecule has 0 aliphatic heterocycles. The molecule has 1 aromatic rings. The lowest BCUT2D eigenvalue weighted by molar-refractivity contribution is -0.123. The summed E-state index contributed by atoms with van der Waals surface area (Å²) in [6.07, 6.45) is -0.0442. The SMILES string of the molecule is O=C1CCC(F)(NS(=O)(=O)c2ccccc2)CC1. The summed E-state index contributed by atoms with van der Waals surface area (Å²) in [6, 6.07) is 7.64. The number of benzene rings is 1. The van der Waals surface area contributed by atoms with E-state index in [4.69, 9.17) is 0 Å². The molecule has 0 amide bonds. The predicted octanol–water partition coefficient (Wildman–Crippen LogP) is 1.77. The minimum absolute atomic E-state index is 0.0258. The second-order valence-corrected chi connectivity index (χ2v) is 6.10. The van der Waals surface area contributed by atoms with Crippen molar-refractivity contribution in [1.82, 2.24) is 4.72 Å². The van der Waals surface area contributed by atoms with Crippen LogP contribution < -0.4 is 4.72 Å². The van der Waals surface area contributed by atoms with Crippen molar-refractivity contribution in [3.8, 4) is 0 Å². The summed E-state index contributed by atoms with van der Waals surface area (Å²) in [5, 5.41) is 0. The van der Waals surface area contributed by atoms with Crippen LogP contribution in [0.2, 0.25) is 0 Å². The number of carbonyl (C=O) groups is 1. The van der Waals surface area contributed by atoms with Crippen LogP contribution in [0.3, 0.4) is 0 Å². The van der Waals surface area contributed by atoms with E-state index in [1.807, 2.05) is 0 Å². The van der Waals surface area contributed by atoms with Crippen molar-refractivity contribution in [2.75, 3.05) is 0 Å². The van der Waals surface area contributed by atoms with Gasteiger partial charge in [0, 0.05) is 25.7 Å². The van der Waals surface area contributed by atoms with Gasteiger partial charge in [0.15, 0.2) is 5.79 Å². The van der Waals surface area contributed by atoms with Crippen LogP contribution in [0, 0.1) is 0 Å². The molecule has 98 valence electrons. The zero-order valence-electron chi connectivity index (χ0n) is 9.73. The average molecular weight is 271 g/mol. The summed E-state index contributed by atoms with van der Waals surface area (Å²) in [5.41, 5.74) is 0. The summed E-state index contributed by atoms with van der Waals surface area (Å²) in [4.78, 5) is 11.1. The molecule has 6 heteroatoms.